The zero-order chi connectivity index (χ0) is 12.4. The van der Waals surface area contributed by atoms with Crippen molar-refractivity contribution in [2.75, 3.05) is 0 Å². The third kappa shape index (κ3) is 2.41. The largest absolute Gasteiger partial charge is 0.353 e. The van der Waals surface area contributed by atoms with Gasteiger partial charge < -0.3 is 4.57 Å². The zero-order valence-electron chi connectivity index (χ0n) is 10.4. The van der Waals surface area contributed by atoms with Gasteiger partial charge in [0.15, 0.2) is 5.78 Å². The van der Waals surface area contributed by atoms with E-state index < -0.39 is 0 Å². The van der Waals surface area contributed by atoms with E-state index in [0.29, 0.717) is 5.78 Å². The molecule has 0 unspecified atom stereocenters. The Morgan fingerprint density at radius 3 is 2.94 bits per heavy atom. The topological polar surface area (TPSA) is 22.0 Å². The Kier molecular flexibility index (Phi) is 3.33. The molecular weight excluding hydrogens is 242 g/mol. The summed E-state index contributed by atoms with van der Waals surface area (Å²) in [5.74, 6) is 0.331. The first-order chi connectivity index (χ1) is 8.83. The monoisotopic (exact) mass is 259 g/mol. The van der Waals surface area contributed by atoms with Crippen LogP contribution in [0.5, 0.6) is 0 Å². The van der Waals surface area contributed by atoms with Crippen molar-refractivity contribution in [2.45, 2.75) is 38.6 Å². The summed E-state index contributed by atoms with van der Waals surface area (Å²) in [6.45, 7) is 0.973. The van der Waals surface area contributed by atoms with Crippen molar-refractivity contribution < 1.29 is 4.79 Å². The minimum Gasteiger partial charge on any atom is -0.353 e. The summed E-state index contributed by atoms with van der Waals surface area (Å²) in [5, 5.41) is 2.11. The lowest BCUT2D eigenvalue weighted by Crippen LogP contribution is -1.99. The summed E-state index contributed by atoms with van der Waals surface area (Å²) in [4.78, 5) is 13.3. The lowest BCUT2D eigenvalue weighted by atomic mass is 10.1. The van der Waals surface area contributed by atoms with Gasteiger partial charge in [-0.05, 0) is 42.7 Å². The van der Waals surface area contributed by atoms with Crippen LogP contribution in [0.1, 0.15) is 40.1 Å². The minimum absolute atomic E-state index is 0.331. The molecule has 2 aromatic heterocycles. The fourth-order valence-electron chi connectivity index (χ4n) is 2.56. The van der Waals surface area contributed by atoms with E-state index in [1.165, 1.54) is 10.4 Å². The smallest absolute Gasteiger partial charge is 0.164 e. The zero-order valence-corrected chi connectivity index (χ0v) is 11.2. The van der Waals surface area contributed by atoms with Crippen molar-refractivity contribution in [1.82, 2.24) is 4.57 Å². The van der Waals surface area contributed by atoms with Crippen LogP contribution in [0.4, 0.5) is 0 Å². The van der Waals surface area contributed by atoms with E-state index in [2.05, 4.69) is 34.5 Å². The Labute approximate surface area is 111 Å². The molecule has 2 aromatic rings. The van der Waals surface area contributed by atoms with E-state index in [1.807, 2.05) is 0 Å². The van der Waals surface area contributed by atoms with Crippen molar-refractivity contribution in [3.8, 4) is 0 Å². The van der Waals surface area contributed by atoms with Crippen LogP contribution < -0.4 is 0 Å². The van der Waals surface area contributed by atoms with Crippen LogP contribution in [0.3, 0.4) is 0 Å². The Balaban J connectivity index is 1.74. The quantitative estimate of drug-likeness (QED) is 0.770. The molecule has 0 amide bonds. The Morgan fingerprint density at radius 2 is 2.11 bits per heavy atom. The number of aryl methyl sites for hydroxylation is 3. The number of rotatable bonds is 3. The first-order valence-electron chi connectivity index (χ1n) is 6.57. The molecule has 0 aliphatic heterocycles. The van der Waals surface area contributed by atoms with E-state index in [-0.39, 0.29) is 0 Å². The van der Waals surface area contributed by atoms with Crippen molar-refractivity contribution in [1.29, 1.82) is 0 Å². The van der Waals surface area contributed by atoms with Gasteiger partial charge in [0.25, 0.3) is 0 Å². The molecule has 0 spiro atoms. The second-order valence-electron chi connectivity index (χ2n) is 4.89. The number of carbonyl (C=O) groups is 1. The lowest BCUT2D eigenvalue weighted by molar-refractivity contribution is 0.0982. The van der Waals surface area contributed by atoms with Gasteiger partial charge in [0.1, 0.15) is 0 Å². The van der Waals surface area contributed by atoms with Crippen molar-refractivity contribution in [3.63, 3.8) is 0 Å². The molecule has 0 N–H and O–H groups in total. The number of carbonyl (C=O) groups excluding carboxylic acids is 1. The van der Waals surface area contributed by atoms with Gasteiger partial charge in [-0.15, -0.1) is 11.3 Å². The number of nitrogens with zero attached hydrogens (tertiary/aromatic N) is 1. The van der Waals surface area contributed by atoms with Gasteiger partial charge in [-0.25, -0.2) is 0 Å². The molecule has 94 valence electrons. The highest BCUT2D eigenvalue weighted by Gasteiger charge is 2.17. The summed E-state index contributed by atoms with van der Waals surface area (Å²) < 4.78 is 2.19. The number of hydrogen-bond donors (Lipinski definition) is 0. The van der Waals surface area contributed by atoms with Crippen molar-refractivity contribution in [2.24, 2.45) is 0 Å². The molecule has 0 saturated carbocycles. The van der Waals surface area contributed by atoms with Crippen LogP contribution in [0.25, 0.3) is 0 Å². The highest BCUT2D eigenvalue weighted by atomic mass is 32.1. The van der Waals surface area contributed by atoms with Crippen LogP contribution in [-0.2, 0) is 19.4 Å². The fourth-order valence-corrected chi connectivity index (χ4v) is 3.26. The molecule has 0 saturated heterocycles. The van der Waals surface area contributed by atoms with Crippen LogP contribution >= 0.6 is 11.3 Å². The number of hydrogen-bond acceptors (Lipinski definition) is 2. The van der Waals surface area contributed by atoms with Crippen LogP contribution in [0.15, 0.2) is 29.9 Å². The van der Waals surface area contributed by atoms with Gasteiger partial charge in [-0.2, -0.15) is 0 Å². The number of fused-ring (bicyclic) bond motifs is 1. The average Bonchev–Trinajstić information content (AvgIpc) is 2.98. The van der Waals surface area contributed by atoms with Crippen molar-refractivity contribution >= 4 is 17.1 Å². The summed E-state index contributed by atoms with van der Waals surface area (Å²) in [6, 6.07) is 4.26. The van der Waals surface area contributed by atoms with Gasteiger partial charge in [-0.3, -0.25) is 4.79 Å². The maximum absolute atomic E-state index is 11.9. The fraction of sp³-hybridized carbons (Fsp3) is 0.400. The maximum atomic E-state index is 11.9. The van der Waals surface area contributed by atoms with Crippen LogP contribution in [0.2, 0.25) is 0 Å². The Bertz CT molecular complexity index is 539. The molecule has 0 bridgehead atoms. The van der Waals surface area contributed by atoms with Gasteiger partial charge in [0, 0.05) is 35.8 Å². The minimum atomic E-state index is 0.331. The molecule has 2 heterocycles. The average molecular weight is 259 g/mol. The van der Waals surface area contributed by atoms with Gasteiger partial charge in [-0.1, -0.05) is 6.07 Å². The van der Waals surface area contributed by atoms with E-state index in [9.17, 15) is 4.79 Å². The summed E-state index contributed by atoms with van der Waals surface area (Å²) in [6.07, 6.45) is 9.26. The van der Waals surface area contributed by atoms with E-state index in [0.717, 1.165) is 44.2 Å². The highest BCUT2D eigenvalue weighted by Crippen LogP contribution is 2.22. The molecule has 3 heteroatoms. The molecule has 18 heavy (non-hydrogen) atoms. The van der Waals surface area contributed by atoms with Gasteiger partial charge >= 0.3 is 0 Å². The first kappa shape index (κ1) is 11.7. The number of aromatic nitrogens is 1. The molecule has 0 aromatic carbocycles. The van der Waals surface area contributed by atoms with Gasteiger partial charge in [0.05, 0.1) is 0 Å². The van der Waals surface area contributed by atoms with Crippen LogP contribution in [0, 0.1) is 0 Å². The SMILES string of the molecule is O=C1CCCCc2cn(CCc3cccs3)cc21. The molecule has 0 fully saturated rings. The second kappa shape index (κ2) is 5.11. The second-order valence-corrected chi connectivity index (χ2v) is 5.93. The lowest BCUT2D eigenvalue weighted by Gasteiger charge is -2.01. The summed E-state index contributed by atoms with van der Waals surface area (Å²) >= 11 is 1.80. The van der Waals surface area contributed by atoms with Gasteiger partial charge in [0.2, 0.25) is 0 Å². The van der Waals surface area contributed by atoms with E-state index in [1.54, 1.807) is 11.3 Å². The molecule has 1 aliphatic carbocycles. The summed E-state index contributed by atoms with van der Waals surface area (Å²) in [5.41, 5.74) is 2.22. The molecule has 3 rings (SSSR count). The molecule has 0 radical (unpaired) electrons. The molecule has 0 atom stereocenters. The number of Topliss-reactive ketones (excluding diaryl/α,β-unsaturated/α-hetero) is 1. The maximum Gasteiger partial charge on any atom is 0.164 e. The predicted octanol–water partition coefficient (Wildman–Crippen LogP) is 3.70. The normalized spacial score (nSPS) is 15.4. The summed E-state index contributed by atoms with van der Waals surface area (Å²) in [7, 11) is 0. The Morgan fingerprint density at radius 1 is 1.22 bits per heavy atom. The van der Waals surface area contributed by atoms with E-state index in [4.69, 9.17) is 0 Å². The molecule has 2 nitrogen and oxygen atoms in total. The number of thiophene rings is 1. The third-order valence-electron chi connectivity index (χ3n) is 3.56. The number of ketones is 1. The predicted molar refractivity (Wildman–Crippen MR) is 74.3 cm³/mol. The standard InChI is InChI=1S/C15H17NOS/c17-15-6-2-1-4-12-10-16(11-14(12)15)8-7-13-5-3-9-18-13/h3,5,9-11H,1-2,4,6-8H2. The highest BCUT2D eigenvalue weighted by molar-refractivity contribution is 7.09. The van der Waals surface area contributed by atoms with Crippen molar-refractivity contribution in [3.05, 3.63) is 45.9 Å². The Hall–Kier alpha value is -1.35. The third-order valence-corrected chi connectivity index (χ3v) is 4.50. The molecule has 1 aliphatic rings. The first-order valence-corrected chi connectivity index (χ1v) is 7.45. The van der Waals surface area contributed by atoms with E-state index >= 15 is 0 Å². The van der Waals surface area contributed by atoms with Crippen LogP contribution in [-0.4, -0.2) is 10.4 Å². The molecular formula is C15H17NOS.